The minimum absolute atomic E-state index is 0.0220. The second kappa shape index (κ2) is 7.30. The number of ether oxygens (including phenoxy) is 1. The number of piperidine rings is 1. The molecule has 4 rings (SSSR count). The molecule has 0 unspecified atom stereocenters. The van der Waals surface area contributed by atoms with E-state index in [1.807, 2.05) is 41.0 Å². The van der Waals surface area contributed by atoms with Crippen LogP contribution in [0.1, 0.15) is 41.1 Å². The zero-order chi connectivity index (χ0) is 19.7. The summed E-state index contributed by atoms with van der Waals surface area (Å²) < 4.78 is 5.28. The summed E-state index contributed by atoms with van der Waals surface area (Å²) >= 11 is 0. The first-order chi connectivity index (χ1) is 13.5. The van der Waals surface area contributed by atoms with Crippen LogP contribution in [0, 0.1) is 12.3 Å². The van der Waals surface area contributed by atoms with Gasteiger partial charge in [-0.3, -0.25) is 9.59 Å². The van der Waals surface area contributed by atoms with Crippen LogP contribution in [-0.4, -0.2) is 58.3 Å². The Kier molecular flexibility index (Phi) is 4.83. The second-order valence-electron chi connectivity index (χ2n) is 7.99. The Morgan fingerprint density at radius 1 is 1.32 bits per heavy atom. The average Bonchev–Trinajstić information content (AvgIpc) is 3.25. The molecule has 7 nitrogen and oxygen atoms in total. The van der Waals surface area contributed by atoms with Gasteiger partial charge >= 0.3 is 0 Å². The maximum atomic E-state index is 12.6. The molecule has 0 saturated carbocycles. The van der Waals surface area contributed by atoms with Crippen molar-refractivity contribution in [1.82, 2.24) is 19.8 Å². The zero-order valence-electron chi connectivity index (χ0n) is 16.4. The molecular weight excluding hydrogens is 356 g/mol. The molecule has 2 aliphatic rings. The van der Waals surface area contributed by atoms with Gasteiger partial charge < -0.3 is 19.5 Å². The van der Waals surface area contributed by atoms with Gasteiger partial charge in [-0.15, -0.1) is 0 Å². The molecule has 2 aliphatic heterocycles. The van der Waals surface area contributed by atoms with Crippen LogP contribution in [0.5, 0.6) is 5.75 Å². The van der Waals surface area contributed by atoms with Crippen LogP contribution in [0.2, 0.25) is 0 Å². The number of amides is 2. The number of aryl methyl sites for hydroxylation is 1. The van der Waals surface area contributed by atoms with Crippen LogP contribution in [0.3, 0.4) is 0 Å². The van der Waals surface area contributed by atoms with E-state index in [-0.39, 0.29) is 17.2 Å². The van der Waals surface area contributed by atoms with Gasteiger partial charge in [-0.25, -0.2) is 4.98 Å². The van der Waals surface area contributed by atoms with Gasteiger partial charge in [-0.2, -0.15) is 0 Å². The zero-order valence-corrected chi connectivity index (χ0v) is 16.4. The molecule has 0 radical (unpaired) electrons. The van der Waals surface area contributed by atoms with Crippen molar-refractivity contribution in [3.05, 3.63) is 47.5 Å². The molecule has 1 N–H and O–H groups in total. The molecule has 0 bridgehead atoms. The van der Waals surface area contributed by atoms with Crippen LogP contribution in [0.15, 0.2) is 30.5 Å². The first-order valence-corrected chi connectivity index (χ1v) is 9.70. The summed E-state index contributed by atoms with van der Waals surface area (Å²) in [6.45, 7) is 4.57. The van der Waals surface area contributed by atoms with Gasteiger partial charge in [0.15, 0.2) is 5.82 Å². The van der Waals surface area contributed by atoms with Gasteiger partial charge in [0, 0.05) is 49.9 Å². The van der Waals surface area contributed by atoms with E-state index in [0.717, 1.165) is 36.4 Å². The molecule has 28 heavy (non-hydrogen) atoms. The third kappa shape index (κ3) is 3.61. The van der Waals surface area contributed by atoms with Gasteiger partial charge in [0.2, 0.25) is 5.91 Å². The summed E-state index contributed by atoms with van der Waals surface area (Å²) in [5.74, 6) is 1.35. The highest BCUT2D eigenvalue weighted by Gasteiger charge is 2.45. The number of hydrogen-bond acceptors (Lipinski definition) is 4. The van der Waals surface area contributed by atoms with E-state index < -0.39 is 0 Å². The Bertz CT molecular complexity index is 883. The van der Waals surface area contributed by atoms with E-state index >= 15 is 0 Å². The number of aromatic amines is 1. The van der Waals surface area contributed by atoms with Gasteiger partial charge in [0.25, 0.3) is 5.91 Å². The fraction of sp³-hybridized carbons (Fsp3) is 0.476. The van der Waals surface area contributed by atoms with Crippen molar-refractivity contribution in [2.24, 2.45) is 5.41 Å². The lowest BCUT2D eigenvalue weighted by Gasteiger charge is -2.38. The minimum Gasteiger partial charge on any atom is -0.497 e. The number of nitrogens with one attached hydrogen (secondary N) is 1. The third-order valence-electron chi connectivity index (χ3n) is 5.93. The van der Waals surface area contributed by atoms with Gasteiger partial charge in [0.1, 0.15) is 5.75 Å². The molecule has 3 heterocycles. The normalized spacial score (nSPS) is 18.7. The average molecular weight is 382 g/mol. The lowest BCUT2D eigenvalue weighted by Crippen LogP contribution is -2.44. The Morgan fingerprint density at radius 2 is 2.11 bits per heavy atom. The highest BCUT2D eigenvalue weighted by atomic mass is 16.5. The van der Waals surface area contributed by atoms with Crippen LogP contribution in [0.4, 0.5) is 0 Å². The number of nitrogens with zero attached hydrogens (tertiary/aromatic N) is 3. The number of rotatable bonds is 4. The second-order valence-corrected chi connectivity index (χ2v) is 7.99. The molecule has 0 aliphatic carbocycles. The van der Waals surface area contributed by atoms with E-state index in [1.54, 1.807) is 13.3 Å². The molecule has 1 aromatic heterocycles. The van der Waals surface area contributed by atoms with Crippen molar-refractivity contribution in [2.45, 2.75) is 32.7 Å². The van der Waals surface area contributed by atoms with Crippen LogP contribution >= 0.6 is 0 Å². The highest BCUT2D eigenvalue weighted by Crippen LogP contribution is 2.41. The number of carbonyl (C=O) groups is 2. The minimum atomic E-state index is -0.0551. The molecule has 2 saturated heterocycles. The number of benzene rings is 1. The number of aromatic nitrogens is 2. The number of H-pyrrole nitrogens is 1. The number of methoxy groups -OCH3 is 1. The lowest BCUT2D eigenvalue weighted by molar-refractivity contribution is -0.128. The summed E-state index contributed by atoms with van der Waals surface area (Å²) in [6.07, 6.45) is 3.93. The van der Waals surface area contributed by atoms with Crippen molar-refractivity contribution in [1.29, 1.82) is 0 Å². The Balaban J connectivity index is 1.38. The predicted molar refractivity (Wildman–Crippen MR) is 104 cm³/mol. The van der Waals surface area contributed by atoms with E-state index in [4.69, 9.17) is 4.74 Å². The SMILES string of the molecule is COc1cccc(CN2CC3(CCN(C(=O)c4ncc(C)[nH]4)CC3)CC2=O)c1. The van der Waals surface area contributed by atoms with Gasteiger partial charge in [-0.1, -0.05) is 12.1 Å². The summed E-state index contributed by atoms with van der Waals surface area (Å²) in [6, 6.07) is 7.85. The summed E-state index contributed by atoms with van der Waals surface area (Å²) in [7, 11) is 1.65. The molecule has 2 aromatic rings. The maximum Gasteiger partial charge on any atom is 0.289 e. The summed E-state index contributed by atoms with van der Waals surface area (Å²) in [4.78, 5) is 36.2. The molecule has 148 valence electrons. The number of likely N-dealkylation sites (tertiary alicyclic amines) is 2. The molecule has 7 heteroatoms. The van der Waals surface area contributed by atoms with Gasteiger partial charge in [-0.05, 0) is 37.5 Å². The van der Waals surface area contributed by atoms with Crippen molar-refractivity contribution in [2.75, 3.05) is 26.7 Å². The number of carbonyl (C=O) groups excluding carboxylic acids is 2. The smallest absolute Gasteiger partial charge is 0.289 e. The first kappa shape index (κ1) is 18.5. The molecule has 1 spiro atoms. The molecular formula is C21H26N4O3. The molecule has 2 fully saturated rings. The Morgan fingerprint density at radius 3 is 2.79 bits per heavy atom. The molecule has 2 amide bonds. The van der Waals surface area contributed by atoms with Crippen LogP contribution in [-0.2, 0) is 11.3 Å². The van der Waals surface area contributed by atoms with E-state index in [2.05, 4.69) is 9.97 Å². The lowest BCUT2D eigenvalue weighted by atomic mass is 9.77. The fourth-order valence-corrected chi connectivity index (χ4v) is 4.31. The fourth-order valence-electron chi connectivity index (χ4n) is 4.31. The van der Waals surface area contributed by atoms with Crippen molar-refractivity contribution >= 4 is 11.8 Å². The summed E-state index contributed by atoms with van der Waals surface area (Å²) in [5.41, 5.74) is 1.93. The molecule has 0 atom stereocenters. The summed E-state index contributed by atoms with van der Waals surface area (Å²) in [5, 5.41) is 0. The third-order valence-corrected chi connectivity index (χ3v) is 5.93. The Labute approximate surface area is 164 Å². The van der Waals surface area contributed by atoms with E-state index in [9.17, 15) is 9.59 Å². The number of hydrogen-bond donors (Lipinski definition) is 1. The molecule has 1 aromatic carbocycles. The van der Waals surface area contributed by atoms with Crippen molar-refractivity contribution in [3.63, 3.8) is 0 Å². The van der Waals surface area contributed by atoms with Crippen LogP contribution in [0.25, 0.3) is 0 Å². The standard InChI is InChI=1S/C21H26N4O3/c1-15-12-22-19(23-15)20(27)24-8-6-21(7-9-24)11-18(26)25(14-21)13-16-4-3-5-17(10-16)28-2/h3-5,10,12H,6-9,11,13-14H2,1-2H3,(H,22,23). The monoisotopic (exact) mass is 382 g/mol. The topological polar surface area (TPSA) is 78.5 Å². The largest absolute Gasteiger partial charge is 0.497 e. The van der Waals surface area contributed by atoms with Crippen LogP contribution < -0.4 is 4.74 Å². The Hall–Kier alpha value is -2.83. The number of imidazole rings is 1. The van der Waals surface area contributed by atoms with E-state index in [1.165, 1.54) is 0 Å². The van der Waals surface area contributed by atoms with Gasteiger partial charge in [0.05, 0.1) is 7.11 Å². The predicted octanol–water partition coefficient (Wildman–Crippen LogP) is 2.38. The van der Waals surface area contributed by atoms with Crippen molar-refractivity contribution < 1.29 is 14.3 Å². The van der Waals surface area contributed by atoms with Crippen molar-refractivity contribution in [3.8, 4) is 5.75 Å². The van der Waals surface area contributed by atoms with E-state index in [0.29, 0.717) is 31.9 Å². The first-order valence-electron chi connectivity index (χ1n) is 9.70. The highest BCUT2D eigenvalue weighted by molar-refractivity contribution is 5.90. The maximum absolute atomic E-state index is 12.6. The quantitative estimate of drug-likeness (QED) is 0.881.